The van der Waals surface area contributed by atoms with Gasteiger partial charge in [0.2, 0.25) is 0 Å². The number of fused-ring (bicyclic) bond motifs is 1. The highest BCUT2D eigenvalue weighted by Gasteiger charge is 2.30. The van der Waals surface area contributed by atoms with Crippen molar-refractivity contribution in [2.24, 2.45) is 0 Å². The monoisotopic (exact) mass is 501 g/mol. The van der Waals surface area contributed by atoms with Gasteiger partial charge in [0.1, 0.15) is 19.1 Å². The molecule has 2 aliphatic rings. The van der Waals surface area contributed by atoms with Gasteiger partial charge < -0.3 is 9.47 Å². The Morgan fingerprint density at radius 3 is 2.71 bits per heavy atom. The van der Waals surface area contributed by atoms with E-state index in [2.05, 4.69) is 4.98 Å². The number of likely N-dealkylation sites (tertiary alicyclic amines) is 1. The van der Waals surface area contributed by atoms with Gasteiger partial charge in [0, 0.05) is 35.3 Å². The number of hydrogen-bond acceptors (Lipinski definition) is 6. The Kier molecular flexibility index (Phi) is 6.55. The van der Waals surface area contributed by atoms with Crippen molar-refractivity contribution in [1.29, 1.82) is 0 Å². The van der Waals surface area contributed by atoms with E-state index in [1.807, 2.05) is 36.2 Å². The van der Waals surface area contributed by atoms with Crippen molar-refractivity contribution >= 4 is 23.4 Å². The average Bonchev–Trinajstić information content (AvgIpc) is 3.41. The van der Waals surface area contributed by atoms with Crippen molar-refractivity contribution in [3.8, 4) is 17.2 Å². The molecule has 0 amide bonds. The van der Waals surface area contributed by atoms with Crippen LogP contribution >= 0.6 is 23.4 Å². The first-order valence-electron chi connectivity index (χ1n) is 11.1. The van der Waals surface area contributed by atoms with Crippen molar-refractivity contribution in [2.45, 2.75) is 35.2 Å². The molecular weight excluding hydrogens is 477 g/mol. The first-order chi connectivity index (χ1) is 16.4. The molecule has 1 unspecified atom stereocenters. The topological polar surface area (TPSA) is 56.6 Å². The normalized spacial score (nSPS) is 22.1. The molecule has 5 rings (SSSR count). The zero-order valence-corrected chi connectivity index (χ0v) is 20.5. The van der Waals surface area contributed by atoms with Crippen LogP contribution in [0.25, 0.3) is 5.69 Å². The fourth-order valence-electron chi connectivity index (χ4n) is 4.46. The molecule has 3 aromatic rings. The number of ether oxygens (including phenoxy) is 2. The predicted octanol–water partition coefficient (Wildman–Crippen LogP) is 4.71. The Hall–Kier alpha value is -2.55. The third-order valence-electron chi connectivity index (χ3n) is 6.38. The van der Waals surface area contributed by atoms with Crippen LogP contribution in [0.5, 0.6) is 11.5 Å². The Bertz CT molecular complexity index is 1250. The number of aromatic nitrogens is 2. The van der Waals surface area contributed by atoms with E-state index >= 15 is 0 Å². The predicted molar refractivity (Wildman–Crippen MR) is 132 cm³/mol. The minimum atomic E-state index is -0.820. The molecule has 178 valence electrons. The quantitative estimate of drug-likeness (QED) is 0.488. The third-order valence-corrected chi connectivity index (χ3v) is 8.00. The van der Waals surface area contributed by atoms with Gasteiger partial charge in [0.05, 0.1) is 23.4 Å². The van der Waals surface area contributed by atoms with E-state index < -0.39 is 6.17 Å². The summed E-state index contributed by atoms with van der Waals surface area (Å²) in [5.74, 6) is 1.07. The van der Waals surface area contributed by atoms with Crippen LogP contribution in [0.3, 0.4) is 0 Å². The van der Waals surface area contributed by atoms with Gasteiger partial charge in [0.25, 0.3) is 5.56 Å². The minimum Gasteiger partial charge on any atom is -0.493 e. The summed E-state index contributed by atoms with van der Waals surface area (Å²) in [6.07, 6.45) is 1.90. The molecule has 3 heterocycles. The number of nitrogens with zero attached hydrogens (tertiary/aromatic N) is 3. The fraction of sp³-hybridized carbons (Fsp3) is 0.360. The zero-order valence-electron chi connectivity index (χ0n) is 18.9. The van der Waals surface area contributed by atoms with Crippen molar-refractivity contribution in [3.05, 3.63) is 75.4 Å². The van der Waals surface area contributed by atoms with Gasteiger partial charge in [0.15, 0.2) is 11.5 Å². The Balaban J connectivity index is 1.36. The number of thioether (sulfide) groups is 1. The first-order valence-corrected chi connectivity index (χ1v) is 12.4. The molecule has 2 aromatic carbocycles. The molecule has 9 heteroatoms. The molecular formula is C25H25ClFN3O3S. The smallest absolute Gasteiger partial charge is 0.271 e. The van der Waals surface area contributed by atoms with E-state index in [0.717, 1.165) is 11.3 Å². The van der Waals surface area contributed by atoms with Crippen molar-refractivity contribution < 1.29 is 13.9 Å². The molecule has 0 N–H and O–H groups in total. The summed E-state index contributed by atoms with van der Waals surface area (Å²) in [7, 11) is 3.46. The molecule has 1 saturated heterocycles. The molecule has 2 aliphatic heterocycles. The van der Waals surface area contributed by atoms with E-state index in [0.29, 0.717) is 53.1 Å². The molecule has 6 nitrogen and oxygen atoms in total. The lowest BCUT2D eigenvalue weighted by atomic mass is 10.1. The summed E-state index contributed by atoms with van der Waals surface area (Å²) in [4.78, 5) is 20.5. The lowest BCUT2D eigenvalue weighted by Gasteiger charge is -2.20. The van der Waals surface area contributed by atoms with E-state index in [1.165, 1.54) is 16.3 Å². The van der Waals surface area contributed by atoms with Crippen molar-refractivity contribution in [2.75, 3.05) is 27.3 Å². The van der Waals surface area contributed by atoms with E-state index in [-0.39, 0.29) is 16.9 Å². The summed E-state index contributed by atoms with van der Waals surface area (Å²) >= 11 is 7.55. The maximum absolute atomic E-state index is 13.6. The Labute approximate surface area is 206 Å². The van der Waals surface area contributed by atoms with Crippen LogP contribution in [-0.2, 0) is 6.42 Å². The average molecular weight is 502 g/mol. The van der Waals surface area contributed by atoms with E-state index in [1.54, 1.807) is 31.6 Å². The summed E-state index contributed by atoms with van der Waals surface area (Å²) in [5.41, 5.74) is 2.46. The van der Waals surface area contributed by atoms with Gasteiger partial charge in [-0.05, 0) is 43.3 Å². The number of methoxy groups -OCH3 is 1. The fourth-order valence-corrected chi connectivity index (χ4v) is 5.88. The van der Waals surface area contributed by atoms with Crippen LogP contribution in [0.15, 0.2) is 58.5 Å². The lowest BCUT2D eigenvalue weighted by Crippen LogP contribution is -2.30. The highest BCUT2D eigenvalue weighted by molar-refractivity contribution is 7.99. The number of likely N-dealkylation sites (N-methyl/N-ethyl adjacent to an activating group) is 1. The summed E-state index contributed by atoms with van der Waals surface area (Å²) in [6.45, 7) is 0.797. The molecule has 0 bridgehead atoms. The van der Waals surface area contributed by atoms with E-state index in [9.17, 15) is 9.18 Å². The van der Waals surface area contributed by atoms with Crippen LogP contribution in [0.1, 0.15) is 22.9 Å². The van der Waals surface area contributed by atoms with Gasteiger partial charge >= 0.3 is 0 Å². The molecule has 34 heavy (non-hydrogen) atoms. The second kappa shape index (κ2) is 9.60. The zero-order chi connectivity index (χ0) is 23.8. The maximum Gasteiger partial charge on any atom is 0.271 e. The highest BCUT2D eigenvalue weighted by atomic mass is 35.5. The molecule has 0 spiro atoms. The molecule has 0 radical (unpaired) electrons. The van der Waals surface area contributed by atoms with Gasteiger partial charge in [-0.25, -0.2) is 9.37 Å². The Morgan fingerprint density at radius 1 is 1.21 bits per heavy atom. The SMILES string of the molecule is COc1cc(-n2cnc3c(c2=O)SC(c2ccc(Cl)cc2)C3)ccc1OC[C@@H]1C[C@H](F)CN1C. The van der Waals surface area contributed by atoms with Gasteiger partial charge in [-0.3, -0.25) is 14.3 Å². The second-order valence-corrected chi connectivity index (χ2v) is 10.3. The summed E-state index contributed by atoms with van der Waals surface area (Å²) in [5, 5.41) is 0.819. The molecule has 0 saturated carbocycles. The standard InChI is InChI=1S/C25H25ClFN3O3S/c1-29-12-17(27)9-19(29)13-33-21-8-7-18(10-22(21)32-2)30-14-28-20-11-23(34-24(20)25(30)31)15-3-5-16(26)6-4-15/h3-8,10,14,17,19,23H,9,11-13H2,1-2H3/t17-,19-,23?/m0/s1. The van der Waals surface area contributed by atoms with E-state index in [4.69, 9.17) is 21.1 Å². The molecule has 1 fully saturated rings. The maximum atomic E-state index is 13.6. The van der Waals surface area contributed by atoms with Crippen molar-refractivity contribution in [3.63, 3.8) is 0 Å². The molecule has 3 atom stereocenters. The van der Waals surface area contributed by atoms with Crippen LogP contribution in [0, 0.1) is 0 Å². The second-order valence-electron chi connectivity index (χ2n) is 8.63. The number of halogens is 2. The van der Waals surface area contributed by atoms with Crippen LogP contribution in [0.4, 0.5) is 4.39 Å². The number of alkyl halides is 1. The minimum absolute atomic E-state index is 0.0218. The largest absolute Gasteiger partial charge is 0.493 e. The van der Waals surface area contributed by atoms with Crippen LogP contribution in [-0.4, -0.2) is 54.0 Å². The van der Waals surface area contributed by atoms with Gasteiger partial charge in [-0.1, -0.05) is 23.7 Å². The Morgan fingerprint density at radius 2 is 2.00 bits per heavy atom. The number of benzene rings is 2. The van der Waals surface area contributed by atoms with Gasteiger partial charge in [-0.2, -0.15) is 0 Å². The van der Waals surface area contributed by atoms with Crippen LogP contribution in [0.2, 0.25) is 5.02 Å². The van der Waals surface area contributed by atoms with Crippen LogP contribution < -0.4 is 15.0 Å². The lowest BCUT2D eigenvalue weighted by molar-refractivity contribution is 0.193. The molecule has 0 aliphatic carbocycles. The van der Waals surface area contributed by atoms with Crippen molar-refractivity contribution in [1.82, 2.24) is 14.5 Å². The first kappa shape index (κ1) is 23.2. The number of hydrogen-bond donors (Lipinski definition) is 0. The summed E-state index contributed by atoms with van der Waals surface area (Å²) in [6, 6.07) is 13.1. The van der Waals surface area contributed by atoms with Gasteiger partial charge in [-0.15, -0.1) is 11.8 Å². The third kappa shape index (κ3) is 4.54. The summed E-state index contributed by atoms with van der Waals surface area (Å²) < 4.78 is 26.6. The highest BCUT2D eigenvalue weighted by Crippen LogP contribution is 2.44. The molecule has 1 aromatic heterocycles. The number of rotatable bonds is 6.